The average molecular weight is 312 g/mol. The van der Waals surface area contributed by atoms with E-state index >= 15 is 0 Å². The van der Waals surface area contributed by atoms with Gasteiger partial charge >= 0.3 is 0 Å². The molecule has 1 fully saturated rings. The minimum atomic E-state index is 0.791. The van der Waals surface area contributed by atoms with Crippen molar-refractivity contribution < 1.29 is 0 Å². The average Bonchev–Trinajstić information content (AvgIpc) is 2.14. The molecule has 2 atom stereocenters. The summed E-state index contributed by atoms with van der Waals surface area (Å²) in [6.45, 7) is 0. The van der Waals surface area contributed by atoms with Gasteiger partial charge in [0.05, 0.1) is 0 Å². The summed E-state index contributed by atoms with van der Waals surface area (Å²) in [7, 11) is 0. The normalized spacial score (nSPS) is 33.7. The summed E-state index contributed by atoms with van der Waals surface area (Å²) in [5, 5.41) is 0. The second-order valence-electron chi connectivity index (χ2n) is 4.12. The first-order valence-corrected chi connectivity index (χ1v) is 7.40. The molecule has 0 bridgehead atoms. The van der Waals surface area contributed by atoms with Crippen LogP contribution in [-0.2, 0) is 0 Å². The quantitative estimate of drug-likeness (QED) is 0.550. The van der Waals surface area contributed by atoms with Crippen molar-refractivity contribution in [3.05, 3.63) is 0 Å². The Morgan fingerprint density at radius 1 is 0.538 bits per heavy atom. The number of rotatable bonds is 0. The highest BCUT2D eigenvalue weighted by Gasteiger charge is 2.08. The summed E-state index contributed by atoms with van der Waals surface area (Å²) in [5.41, 5.74) is 0. The van der Waals surface area contributed by atoms with E-state index in [9.17, 15) is 0 Å². The monoisotopic (exact) mass is 310 g/mol. The summed E-state index contributed by atoms with van der Waals surface area (Å²) in [4.78, 5) is 1.58. The fourth-order valence-electron chi connectivity index (χ4n) is 1.93. The third kappa shape index (κ3) is 6.11. The zero-order chi connectivity index (χ0) is 9.52. The maximum absolute atomic E-state index is 3.76. The van der Waals surface area contributed by atoms with Crippen molar-refractivity contribution in [2.75, 3.05) is 0 Å². The molecule has 1 rings (SSSR count). The predicted octanol–water partition coefficient (Wildman–Crippen LogP) is 5.04. The van der Waals surface area contributed by atoms with Crippen molar-refractivity contribution in [2.24, 2.45) is 0 Å². The van der Waals surface area contributed by atoms with Crippen LogP contribution < -0.4 is 0 Å². The van der Waals surface area contributed by atoms with E-state index < -0.39 is 0 Å². The van der Waals surface area contributed by atoms with Crippen LogP contribution in [0.4, 0.5) is 0 Å². The molecule has 1 aliphatic rings. The van der Waals surface area contributed by atoms with Crippen LogP contribution >= 0.6 is 31.9 Å². The maximum atomic E-state index is 3.76. The van der Waals surface area contributed by atoms with Crippen LogP contribution in [0.2, 0.25) is 0 Å². The molecule has 0 saturated heterocycles. The number of hydrogen-bond donors (Lipinski definition) is 0. The van der Waals surface area contributed by atoms with Gasteiger partial charge in [-0.2, -0.15) is 0 Å². The van der Waals surface area contributed by atoms with E-state index in [-0.39, 0.29) is 0 Å². The fraction of sp³-hybridized carbons (Fsp3) is 1.00. The highest BCUT2D eigenvalue weighted by molar-refractivity contribution is 9.09. The van der Waals surface area contributed by atoms with Crippen molar-refractivity contribution in [2.45, 2.75) is 67.4 Å². The van der Waals surface area contributed by atoms with Gasteiger partial charge in [-0.05, 0) is 25.7 Å². The molecule has 78 valence electrons. The summed E-state index contributed by atoms with van der Waals surface area (Å²) in [6, 6.07) is 0. The van der Waals surface area contributed by atoms with E-state index in [0.29, 0.717) is 0 Å². The van der Waals surface area contributed by atoms with E-state index in [2.05, 4.69) is 31.9 Å². The first-order chi connectivity index (χ1) is 6.29. The van der Waals surface area contributed by atoms with E-state index in [0.717, 1.165) is 9.65 Å². The lowest BCUT2D eigenvalue weighted by molar-refractivity contribution is 0.601. The van der Waals surface area contributed by atoms with Crippen LogP contribution in [0, 0.1) is 0 Å². The van der Waals surface area contributed by atoms with E-state index in [1.165, 1.54) is 57.8 Å². The smallest absolute Gasteiger partial charge is 0.0145 e. The third-order valence-corrected chi connectivity index (χ3v) is 4.65. The molecule has 0 nitrogen and oxygen atoms in total. The summed E-state index contributed by atoms with van der Waals surface area (Å²) in [5.74, 6) is 0. The van der Waals surface area contributed by atoms with Crippen LogP contribution in [0.15, 0.2) is 0 Å². The van der Waals surface area contributed by atoms with Crippen molar-refractivity contribution in [1.29, 1.82) is 0 Å². The summed E-state index contributed by atoms with van der Waals surface area (Å²) < 4.78 is 0. The van der Waals surface area contributed by atoms with Gasteiger partial charge in [0.25, 0.3) is 0 Å². The molecular weight excluding hydrogens is 292 g/mol. The van der Waals surface area contributed by atoms with E-state index in [1.807, 2.05) is 0 Å². The van der Waals surface area contributed by atoms with Gasteiger partial charge in [0, 0.05) is 9.65 Å². The lowest BCUT2D eigenvalue weighted by Crippen LogP contribution is -1.98. The zero-order valence-electron chi connectivity index (χ0n) is 8.27. The Kier molecular flexibility index (Phi) is 6.74. The first kappa shape index (κ1) is 12.0. The molecule has 0 aliphatic heterocycles. The SMILES string of the molecule is BrC1CCCCCC(Br)CCCC1. The van der Waals surface area contributed by atoms with Crippen molar-refractivity contribution >= 4 is 31.9 Å². The molecular formula is C11H20Br2. The van der Waals surface area contributed by atoms with E-state index in [4.69, 9.17) is 0 Å². The van der Waals surface area contributed by atoms with Gasteiger partial charge in [-0.1, -0.05) is 64.0 Å². The molecule has 0 heterocycles. The molecule has 0 aromatic rings. The number of hydrogen-bond acceptors (Lipinski definition) is 0. The maximum Gasteiger partial charge on any atom is 0.0145 e. The van der Waals surface area contributed by atoms with Gasteiger partial charge in [-0.25, -0.2) is 0 Å². The standard InChI is InChI=1S/C11H20Br2/c12-10-6-2-1-3-7-11(13)9-5-4-8-10/h10-11H,1-9H2. The lowest BCUT2D eigenvalue weighted by atomic mass is 10.1. The third-order valence-electron chi connectivity index (χ3n) is 2.82. The Morgan fingerprint density at radius 2 is 0.846 bits per heavy atom. The molecule has 0 N–H and O–H groups in total. The van der Waals surface area contributed by atoms with Crippen LogP contribution in [0.5, 0.6) is 0 Å². The van der Waals surface area contributed by atoms with E-state index in [1.54, 1.807) is 0 Å². The molecule has 1 saturated carbocycles. The Balaban J connectivity index is 2.22. The minimum Gasteiger partial charge on any atom is -0.0891 e. The van der Waals surface area contributed by atoms with Gasteiger partial charge in [-0.3, -0.25) is 0 Å². The largest absolute Gasteiger partial charge is 0.0891 e. The van der Waals surface area contributed by atoms with Crippen LogP contribution in [0.3, 0.4) is 0 Å². The summed E-state index contributed by atoms with van der Waals surface area (Å²) in [6.07, 6.45) is 12.6. The second-order valence-corrected chi connectivity index (χ2v) is 6.71. The molecule has 2 heteroatoms. The fourth-order valence-corrected chi connectivity index (χ4v) is 3.22. The predicted molar refractivity (Wildman–Crippen MR) is 67.0 cm³/mol. The lowest BCUT2D eigenvalue weighted by Gasteiger charge is -2.08. The molecule has 2 unspecified atom stereocenters. The molecule has 0 amide bonds. The number of alkyl halides is 2. The molecule has 0 aromatic heterocycles. The Hall–Kier alpha value is 0.960. The van der Waals surface area contributed by atoms with Gasteiger partial charge in [0.15, 0.2) is 0 Å². The molecule has 0 spiro atoms. The van der Waals surface area contributed by atoms with Gasteiger partial charge in [0.2, 0.25) is 0 Å². The molecule has 1 aliphatic carbocycles. The highest BCUT2D eigenvalue weighted by Crippen LogP contribution is 2.24. The minimum absolute atomic E-state index is 0.791. The van der Waals surface area contributed by atoms with Crippen LogP contribution in [-0.4, -0.2) is 9.65 Å². The Labute approximate surface area is 99.1 Å². The molecule has 0 radical (unpaired) electrons. The Bertz CT molecular complexity index is 111. The highest BCUT2D eigenvalue weighted by atomic mass is 79.9. The van der Waals surface area contributed by atoms with Crippen LogP contribution in [0.25, 0.3) is 0 Å². The second kappa shape index (κ2) is 7.28. The first-order valence-electron chi connectivity index (χ1n) is 5.57. The zero-order valence-corrected chi connectivity index (χ0v) is 11.4. The van der Waals surface area contributed by atoms with Crippen molar-refractivity contribution in [3.63, 3.8) is 0 Å². The molecule has 13 heavy (non-hydrogen) atoms. The van der Waals surface area contributed by atoms with Gasteiger partial charge < -0.3 is 0 Å². The van der Waals surface area contributed by atoms with Crippen LogP contribution in [0.1, 0.15) is 57.8 Å². The van der Waals surface area contributed by atoms with Crippen molar-refractivity contribution in [3.8, 4) is 0 Å². The van der Waals surface area contributed by atoms with Gasteiger partial charge in [0.1, 0.15) is 0 Å². The summed E-state index contributed by atoms with van der Waals surface area (Å²) >= 11 is 7.52. The molecule has 0 aromatic carbocycles. The van der Waals surface area contributed by atoms with Gasteiger partial charge in [-0.15, -0.1) is 0 Å². The Morgan fingerprint density at radius 3 is 1.23 bits per heavy atom. The topological polar surface area (TPSA) is 0 Å². The number of halogens is 2. The van der Waals surface area contributed by atoms with Crippen molar-refractivity contribution in [1.82, 2.24) is 0 Å².